The van der Waals surface area contributed by atoms with Gasteiger partial charge in [-0.3, -0.25) is 9.68 Å². The van der Waals surface area contributed by atoms with Crippen LogP contribution in [0.5, 0.6) is 0 Å². The summed E-state index contributed by atoms with van der Waals surface area (Å²) in [6.45, 7) is 1.12. The number of carbonyl (C=O) groups excluding carboxylic acids is 2. The van der Waals surface area contributed by atoms with Crippen LogP contribution in [-0.2, 0) is 28.9 Å². The van der Waals surface area contributed by atoms with Crippen molar-refractivity contribution in [2.45, 2.75) is 56.5 Å². The molecule has 0 spiro atoms. The maximum atomic E-state index is 11.5. The second kappa shape index (κ2) is 8.51. The molecule has 6 atom stereocenters. The van der Waals surface area contributed by atoms with Crippen LogP contribution >= 0.6 is 0 Å². The smallest absolute Gasteiger partial charge is 0.368 e. The molecule has 1 aliphatic heterocycles. The van der Waals surface area contributed by atoms with E-state index < -0.39 is 67.1 Å². The third-order valence-corrected chi connectivity index (χ3v) is 3.48. The van der Waals surface area contributed by atoms with Crippen LogP contribution in [0.15, 0.2) is 0 Å². The number of aliphatic hydroxyl groups excluding tert-OH is 4. The van der Waals surface area contributed by atoms with Crippen molar-refractivity contribution in [2.75, 3.05) is 6.61 Å². The number of aliphatic hydroxyl groups is 4. The zero-order chi connectivity index (χ0) is 19.4. The van der Waals surface area contributed by atoms with Crippen molar-refractivity contribution in [1.29, 1.82) is 0 Å². The quantitative estimate of drug-likeness (QED) is 0.194. The van der Waals surface area contributed by atoms with Crippen molar-refractivity contribution in [3.05, 3.63) is 0 Å². The Morgan fingerprint density at radius 1 is 1.32 bits per heavy atom. The maximum Gasteiger partial charge on any atom is 0.368 e. The molecule has 0 saturated carbocycles. The average Bonchev–Trinajstić information content (AvgIpc) is 2.52. The van der Waals surface area contributed by atoms with Gasteiger partial charge in [0.15, 0.2) is 0 Å². The molecule has 0 aliphatic carbocycles. The molecule has 0 aromatic rings. The van der Waals surface area contributed by atoms with Crippen molar-refractivity contribution >= 4 is 17.8 Å². The summed E-state index contributed by atoms with van der Waals surface area (Å²) in [5.41, 5.74) is 0. The first kappa shape index (κ1) is 21.2. The lowest BCUT2D eigenvalue weighted by Crippen LogP contribution is -2.67. The van der Waals surface area contributed by atoms with Crippen LogP contribution in [0.4, 0.5) is 0 Å². The van der Waals surface area contributed by atoms with Crippen LogP contribution in [0.1, 0.15) is 20.3 Å². The number of aliphatic carboxylic acids is 1. The fourth-order valence-corrected chi connectivity index (χ4v) is 2.34. The van der Waals surface area contributed by atoms with E-state index >= 15 is 0 Å². The fraction of sp³-hybridized carbons (Fsp3) is 0.769. The van der Waals surface area contributed by atoms with E-state index in [1.807, 2.05) is 0 Å². The van der Waals surface area contributed by atoms with E-state index in [0.717, 1.165) is 13.8 Å². The maximum absolute atomic E-state index is 11.5. The summed E-state index contributed by atoms with van der Waals surface area (Å²) in [7, 11) is 0. The number of amides is 1. The molecular weight excluding hydrogens is 346 g/mol. The summed E-state index contributed by atoms with van der Waals surface area (Å²) in [4.78, 5) is 42.4. The molecule has 0 unspecified atom stereocenters. The fourth-order valence-electron chi connectivity index (χ4n) is 2.34. The van der Waals surface area contributed by atoms with Crippen LogP contribution in [0.3, 0.4) is 0 Å². The predicted octanol–water partition coefficient (Wildman–Crippen LogP) is -3.37. The molecule has 1 rings (SSSR count). The number of ether oxygens (including phenoxy) is 1. The first-order valence-electron chi connectivity index (χ1n) is 7.23. The lowest BCUT2D eigenvalue weighted by molar-refractivity contribution is -0.420. The Balaban J connectivity index is 3.20. The number of carboxylic acids is 1. The first-order valence-corrected chi connectivity index (χ1v) is 7.23. The van der Waals surface area contributed by atoms with Crippen molar-refractivity contribution in [3.63, 3.8) is 0 Å². The molecule has 0 aromatic carbocycles. The molecule has 1 heterocycles. The van der Waals surface area contributed by atoms with Crippen molar-refractivity contribution in [3.8, 4) is 0 Å². The minimum atomic E-state index is -2.69. The summed E-state index contributed by atoms with van der Waals surface area (Å²) >= 11 is 0. The summed E-state index contributed by atoms with van der Waals surface area (Å²) in [5.74, 6) is -6.12. The number of nitrogens with one attached hydrogen (secondary N) is 1. The second-order valence-electron chi connectivity index (χ2n) is 5.54. The van der Waals surface area contributed by atoms with Gasteiger partial charge in [0, 0.05) is 20.3 Å². The van der Waals surface area contributed by atoms with Crippen LogP contribution in [0.25, 0.3) is 0 Å². The molecule has 1 aliphatic rings. The molecule has 12 heteroatoms. The van der Waals surface area contributed by atoms with Crippen molar-refractivity contribution in [2.24, 2.45) is 0 Å². The number of hydrogen-bond acceptors (Lipinski definition) is 10. The lowest BCUT2D eigenvalue weighted by Gasteiger charge is -2.45. The van der Waals surface area contributed by atoms with Gasteiger partial charge in [-0.25, -0.2) is 9.59 Å². The van der Waals surface area contributed by atoms with Gasteiger partial charge in [0.05, 0.1) is 18.8 Å². The Hall–Kier alpha value is -1.83. The average molecular weight is 367 g/mol. The van der Waals surface area contributed by atoms with E-state index in [1.54, 1.807) is 0 Å². The van der Waals surface area contributed by atoms with E-state index in [0.29, 0.717) is 0 Å². The molecule has 0 aromatic heterocycles. The summed E-state index contributed by atoms with van der Waals surface area (Å²) in [6, 6.07) is -1.33. The van der Waals surface area contributed by atoms with Gasteiger partial charge in [-0.05, 0) is 0 Å². The Bertz CT molecular complexity index is 512. The van der Waals surface area contributed by atoms with Crippen LogP contribution in [0.2, 0.25) is 0 Å². The highest BCUT2D eigenvalue weighted by Gasteiger charge is 2.57. The van der Waals surface area contributed by atoms with E-state index in [2.05, 4.69) is 15.1 Å². The van der Waals surface area contributed by atoms with Crippen molar-refractivity contribution in [1.82, 2.24) is 5.32 Å². The molecule has 144 valence electrons. The Kier molecular flexibility index (Phi) is 7.22. The summed E-state index contributed by atoms with van der Waals surface area (Å²) in [5, 5.41) is 50.4. The summed E-state index contributed by atoms with van der Waals surface area (Å²) in [6.07, 6.45) is -7.77. The monoisotopic (exact) mass is 367 g/mol. The molecule has 1 fully saturated rings. The topological polar surface area (TPSA) is 192 Å². The van der Waals surface area contributed by atoms with E-state index in [1.165, 1.54) is 0 Å². The van der Waals surface area contributed by atoms with Crippen LogP contribution in [-0.4, -0.2) is 86.2 Å². The van der Waals surface area contributed by atoms with Gasteiger partial charge in [0.1, 0.15) is 18.3 Å². The van der Waals surface area contributed by atoms with Crippen LogP contribution in [0, 0.1) is 0 Å². The molecule has 6 N–H and O–H groups in total. The van der Waals surface area contributed by atoms with Crippen LogP contribution < -0.4 is 5.32 Å². The first-order chi connectivity index (χ1) is 11.5. The van der Waals surface area contributed by atoms with Crippen molar-refractivity contribution < 1.29 is 54.4 Å². The Morgan fingerprint density at radius 3 is 2.36 bits per heavy atom. The molecule has 1 saturated heterocycles. The number of rotatable bonds is 7. The SMILES string of the molecule is CC(=O)N[C@H]1[C@H]([C@H](O)[C@H](O)CO)O[C@](OOC(C)=O)(C(=O)O)C[C@@H]1O. The minimum absolute atomic E-state index is 0.632. The highest BCUT2D eigenvalue weighted by Crippen LogP contribution is 2.33. The van der Waals surface area contributed by atoms with E-state index in [-0.39, 0.29) is 0 Å². The molecule has 0 radical (unpaired) electrons. The molecule has 1 amide bonds. The Labute approximate surface area is 141 Å². The van der Waals surface area contributed by atoms with Gasteiger partial charge in [-0.1, -0.05) is 0 Å². The normalized spacial score (nSPS) is 31.7. The Morgan fingerprint density at radius 2 is 1.92 bits per heavy atom. The van der Waals surface area contributed by atoms with Gasteiger partial charge in [-0.15, -0.1) is 4.89 Å². The molecule has 0 bridgehead atoms. The predicted molar refractivity (Wildman–Crippen MR) is 75.4 cm³/mol. The number of carboxylic acid groups (broad SMARTS) is 1. The third kappa shape index (κ3) is 5.07. The highest BCUT2D eigenvalue weighted by molar-refractivity contribution is 5.76. The lowest BCUT2D eigenvalue weighted by atomic mass is 9.88. The standard InChI is InChI=1S/C13H21NO11/c1-5(16)14-9-7(18)3-13(12(21)22,25-24-6(2)17)23-11(9)10(20)8(19)4-15/h7-11,15,18-20H,3-4H2,1-2H3,(H,14,16)(H,21,22)/t7-,8+,9+,10+,11+,13+/m0/s1. The zero-order valence-corrected chi connectivity index (χ0v) is 13.5. The van der Waals surface area contributed by atoms with Gasteiger partial charge < -0.3 is 35.6 Å². The number of hydrogen-bond donors (Lipinski definition) is 6. The molecule has 12 nitrogen and oxygen atoms in total. The van der Waals surface area contributed by atoms with Gasteiger partial charge in [0.2, 0.25) is 5.91 Å². The zero-order valence-electron chi connectivity index (χ0n) is 13.5. The highest BCUT2D eigenvalue weighted by atomic mass is 17.2. The largest absolute Gasteiger partial charge is 0.477 e. The van der Waals surface area contributed by atoms with Gasteiger partial charge >= 0.3 is 17.7 Å². The molecule has 25 heavy (non-hydrogen) atoms. The van der Waals surface area contributed by atoms with E-state index in [4.69, 9.17) is 9.84 Å². The third-order valence-electron chi connectivity index (χ3n) is 3.48. The molecular formula is C13H21NO11. The minimum Gasteiger partial charge on any atom is -0.477 e. The summed E-state index contributed by atoms with van der Waals surface area (Å²) < 4.78 is 5.16. The van der Waals surface area contributed by atoms with E-state index in [9.17, 15) is 34.8 Å². The van der Waals surface area contributed by atoms with Gasteiger partial charge in [-0.2, -0.15) is 0 Å². The van der Waals surface area contributed by atoms with Gasteiger partial charge in [0.25, 0.3) is 0 Å². The second-order valence-corrected chi connectivity index (χ2v) is 5.54. The number of carbonyl (C=O) groups is 3.